The summed E-state index contributed by atoms with van der Waals surface area (Å²) in [4.78, 5) is 0. The number of anilines is 1. The molecule has 0 aliphatic heterocycles. The minimum absolute atomic E-state index is 0.558. The summed E-state index contributed by atoms with van der Waals surface area (Å²) in [6.45, 7) is 2.28. The van der Waals surface area contributed by atoms with Crippen molar-refractivity contribution in [3.05, 3.63) is 29.8 Å². The quantitative estimate of drug-likeness (QED) is 0.471. The van der Waals surface area contributed by atoms with Crippen LogP contribution in [0.4, 0.5) is 5.69 Å². The molecule has 1 aliphatic carbocycles. The van der Waals surface area contributed by atoms with E-state index in [9.17, 15) is 0 Å². The number of rotatable bonds is 4. The molecule has 2 N–H and O–H groups in total. The Balaban J connectivity index is 1.74. The van der Waals surface area contributed by atoms with Crippen LogP contribution in [0, 0.1) is 35.5 Å². The van der Waals surface area contributed by atoms with E-state index in [4.69, 9.17) is 5.73 Å². The predicted molar refractivity (Wildman–Crippen MR) is 95.1 cm³/mol. The van der Waals surface area contributed by atoms with E-state index in [1.165, 1.54) is 51.4 Å². The fourth-order valence-electron chi connectivity index (χ4n) is 3.09. The Morgan fingerprint density at radius 3 is 2.41 bits per heavy atom. The fourth-order valence-corrected chi connectivity index (χ4v) is 3.09. The van der Waals surface area contributed by atoms with Gasteiger partial charge in [-0.1, -0.05) is 44.4 Å². The second-order valence-electron chi connectivity index (χ2n) is 6.35. The second kappa shape index (κ2) is 9.22. The highest BCUT2D eigenvalue weighted by atomic mass is 14.5. The third-order valence-corrected chi connectivity index (χ3v) is 4.52. The van der Waals surface area contributed by atoms with Gasteiger partial charge in [0.2, 0.25) is 0 Å². The van der Waals surface area contributed by atoms with Crippen LogP contribution in [-0.2, 0) is 0 Å². The van der Waals surface area contributed by atoms with Crippen LogP contribution >= 0.6 is 0 Å². The van der Waals surface area contributed by atoms with Gasteiger partial charge in [-0.3, -0.25) is 0 Å². The number of nitrogens with two attached hydrogens (primary N) is 1. The van der Waals surface area contributed by atoms with Crippen molar-refractivity contribution < 1.29 is 0 Å². The van der Waals surface area contributed by atoms with Crippen LogP contribution in [-0.4, -0.2) is 0 Å². The Bertz CT molecular complexity index is 554. The van der Waals surface area contributed by atoms with Crippen molar-refractivity contribution in [1.29, 1.82) is 0 Å². The molecular weight excluding hydrogens is 266 g/mol. The molecule has 0 unspecified atom stereocenters. The first-order chi connectivity index (χ1) is 10.8. The summed E-state index contributed by atoms with van der Waals surface area (Å²) in [6.07, 6.45) is 10.8. The van der Waals surface area contributed by atoms with Crippen molar-refractivity contribution >= 4 is 5.69 Å². The van der Waals surface area contributed by atoms with Gasteiger partial charge in [0.05, 0.1) is 0 Å². The maximum atomic E-state index is 5.65. The fraction of sp³-hybridized carbons (Fsp3) is 0.524. The van der Waals surface area contributed by atoms with Crippen LogP contribution in [0.1, 0.15) is 63.9 Å². The summed E-state index contributed by atoms with van der Waals surface area (Å²) in [5.41, 5.74) is 7.40. The molecular formula is C21H27N. The third kappa shape index (κ3) is 5.87. The summed E-state index contributed by atoms with van der Waals surface area (Å²) in [5.74, 6) is 13.9. The molecule has 22 heavy (non-hydrogen) atoms. The van der Waals surface area contributed by atoms with Crippen molar-refractivity contribution in [3.8, 4) is 23.7 Å². The van der Waals surface area contributed by atoms with Crippen LogP contribution in [0.15, 0.2) is 24.3 Å². The average molecular weight is 293 g/mol. The molecule has 1 aliphatic rings. The number of hydrogen-bond acceptors (Lipinski definition) is 1. The zero-order valence-corrected chi connectivity index (χ0v) is 13.7. The summed E-state index contributed by atoms with van der Waals surface area (Å²) >= 11 is 0. The topological polar surface area (TPSA) is 26.0 Å². The van der Waals surface area contributed by atoms with Crippen molar-refractivity contribution in [2.75, 3.05) is 5.73 Å². The maximum absolute atomic E-state index is 5.65. The normalized spacial score (nSPS) is 20.4. The number of benzene rings is 1. The molecule has 0 saturated heterocycles. The van der Waals surface area contributed by atoms with E-state index in [0.717, 1.165) is 17.2 Å². The zero-order valence-electron chi connectivity index (χ0n) is 13.7. The molecule has 1 fully saturated rings. The minimum Gasteiger partial charge on any atom is -0.399 e. The van der Waals surface area contributed by atoms with Gasteiger partial charge in [0.1, 0.15) is 0 Å². The molecule has 1 aromatic rings. The molecule has 116 valence electrons. The van der Waals surface area contributed by atoms with Crippen molar-refractivity contribution in [3.63, 3.8) is 0 Å². The van der Waals surface area contributed by atoms with Crippen LogP contribution in [0.2, 0.25) is 0 Å². The van der Waals surface area contributed by atoms with E-state index < -0.39 is 0 Å². The molecule has 1 nitrogen and oxygen atoms in total. The molecule has 1 aromatic carbocycles. The molecule has 0 spiro atoms. The van der Waals surface area contributed by atoms with E-state index in [2.05, 4.69) is 30.6 Å². The first kappa shape index (κ1) is 16.5. The highest BCUT2D eigenvalue weighted by Crippen LogP contribution is 2.31. The van der Waals surface area contributed by atoms with Gasteiger partial charge in [-0.05, 0) is 67.7 Å². The first-order valence-electron chi connectivity index (χ1n) is 8.65. The molecule has 1 heteroatoms. The van der Waals surface area contributed by atoms with E-state index in [1.807, 2.05) is 24.3 Å². The highest BCUT2D eigenvalue weighted by molar-refractivity contribution is 5.46. The molecule has 0 radical (unpaired) electrons. The summed E-state index contributed by atoms with van der Waals surface area (Å²) in [5, 5.41) is 0. The lowest BCUT2D eigenvalue weighted by molar-refractivity contribution is 0.294. The number of unbranched alkanes of at least 4 members (excludes halogenated alkanes) is 2. The van der Waals surface area contributed by atoms with E-state index in [0.29, 0.717) is 5.92 Å². The lowest BCUT2D eigenvalue weighted by Crippen LogP contribution is -2.13. The van der Waals surface area contributed by atoms with Gasteiger partial charge in [-0.2, -0.15) is 0 Å². The Hall–Kier alpha value is -1.86. The standard InChI is InChI=1S/C21H27N/c1-2-3-4-7-18-10-12-19(13-11-18)8-5-6-9-20-14-16-21(22)17-15-20/h14-19H,2-4,7,10-13,22H2,1H3. The van der Waals surface area contributed by atoms with Crippen molar-refractivity contribution in [1.82, 2.24) is 0 Å². The summed E-state index contributed by atoms with van der Waals surface area (Å²) in [7, 11) is 0. The second-order valence-corrected chi connectivity index (χ2v) is 6.35. The van der Waals surface area contributed by atoms with Crippen LogP contribution in [0.3, 0.4) is 0 Å². The van der Waals surface area contributed by atoms with Gasteiger partial charge in [-0.25, -0.2) is 0 Å². The smallest absolute Gasteiger partial charge is 0.0314 e. The number of nitrogen functional groups attached to an aromatic ring is 1. The van der Waals surface area contributed by atoms with Crippen molar-refractivity contribution in [2.45, 2.75) is 58.3 Å². The minimum atomic E-state index is 0.558. The Morgan fingerprint density at radius 1 is 1.00 bits per heavy atom. The Labute approximate surface area is 135 Å². The summed E-state index contributed by atoms with van der Waals surface area (Å²) in [6, 6.07) is 7.62. The van der Waals surface area contributed by atoms with Gasteiger partial charge in [0.15, 0.2) is 0 Å². The molecule has 0 heterocycles. The predicted octanol–water partition coefficient (Wildman–Crippen LogP) is 5.01. The largest absolute Gasteiger partial charge is 0.399 e. The van der Waals surface area contributed by atoms with Gasteiger partial charge >= 0.3 is 0 Å². The molecule has 0 bridgehead atoms. The molecule has 0 amide bonds. The zero-order chi connectivity index (χ0) is 15.6. The van der Waals surface area contributed by atoms with E-state index in [-0.39, 0.29) is 0 Å². The van der Waals surface area contributed by atoms with Crippen LogP contribution in [0.25, 0.3) is 0 Å². The average Bonchev–Trinajstić information content (AvgIpc) is 2.55. The molecule has 0 aromatic heterocycles. The Morgan fingerprint density at radius 2 is 1.73 bits per heavy atom. The lowest BCUT2D eigenvalue weighted by atomic mass is 9.80. The van der Waals surface area contributed by atoms with Gasteiger partial charge in [0, 0.05) is 17.2 Å². The molecule has 1 saturated carbocycles. The van der Waals surface area contributed by atoms with Gasteiger partial charge in [-0.15, -0.1) is 0 Å². The first-order valence-corrected chi connectivity index (χ1v) is 8.65. The van der Waals surface area contributed by atoms with Crippen molar-refractivity contribution in [2.24, 2.45) is 11.8 Å². The third-order valence-electron chi connectivity index (χ3n) is 4.52. The van der Waals surface area contributed by atoms with Gasteiger partial charge < -0.3 is 5.73 Å². The Kier molecular flexibility index (Phi) is 6.92. The highest BCUT2D eigenvalue weighted by Gasteiger charge is 2.19. The van der Waals surface area contributed by atoms with Gasteiger partial charge in [0.25, 0.3) is 0 Å². The van der Waals surface area contributed by atoms with Crippen LogP contribution < -0.4 is 5.73 Å². The lowest BCUT2D eigenvalue weighted by Gasteiger charge is -2.25. The van der Waals surface area contributed by atoms with E-state index >= 15 is 0 Å². The molecule has 0 atom stereocenters. The monoisotopic (exact) mass is 293 g/mol. The van der Waals surface area contributed by atoms with E-state index in [1.54, 1.807) is 0 Å². The maximum Gasteiger partial charge on any atom is 0.0314 e. The van der Waals surface area contributed by atoms with Crippen LogP contribution in [0.5, 0.6) is 0 Å². The number of hydrogen-bond donors (Lipinski definition) is 1. The summed E-state index contributed by atoms with van der Waals surface area (Å²) < 4.78 is 0. The molecule has 2 rings (SSSR count). The SMILES string of the molecule is CCCCCC1CCC(C#CC#Cc2ccc(N)cc2)CC1.